The van der Waals surface area contributed by atoms with Gasteiger partial charge >= 0.3 is 0 Å². The van der Waals surface area contributed by atoms with Gasteiger partial charge in [-0.2, -0.15) is 0 Å². The van der Waals surface area contributed by atoms with E-state index in [1.165, 1.54) is 15.3 Å². The van der Waals surface area contributed by atoms with Crippen molar-refractivity contribution in [1.82, 2.24) is 9.55 Å². The molecule has 2 heterocycles. The van der Waals surface area contributed by atoms with E-state index in [4.69, 9.17) is 16.6 Å². The molecule has 4 heteroatoms. The molecule has 0 saturated heterocycles. The van der Waals surface area contributed by atoms with Crippen LogP contribution in [0.15, 0.2) is 36.4 Å². The van der Waals surface area contributed by atoms with Crippen molar-refractivity contribution in [2.24, 2.45) is 0 Å². The maximum atomic E-state index is 5.94. The van der Waals surface area contributed by atoms with Crippen molar-refractivity contribution in [1.29, 1.82) is 0 Å². The molecule has 20 heavy (non-hydrogen) atoms. The predicted molar refractivity (Wildman–Crippen MR) is 87.0 cm³/mol. The molecule has 2 nitrogen and oxygen atoms in total. The van der Waals surface area contributed by atoms with Gasteiger partial charge in [0.15, 0.2) is 0 Å². The zero-order valence-electron chi connectivity index (χ0n) is 11.6. The molecule has 0 N–H and O–H groups in total. The van der Waals surface area contributed by atoms with Crippen LogP contribution in [-0.2, 0) is 6.42 Å². The SMILES string of the molecule is Cc1ccc(C(C)n2c(CCCl)nc3ccccc32)s1. The third-order valence-electron chi connectivity index (χ3n) is 3.55. The van der Waals surface area contributed by atoms with Crippen LogP contribution in [0.2, 0.25) is 0 Å². The number of rotatable bonds is 4. The van der Waals surface area contributed by atoms with Crippen molar-refractivity contribution >= 4 is 34.0 Å². The highest BCUT2D eigenvalue weighted by Gasteiger charge is 2.17. The van der Waals surface area contributed by atoms with E-state index in [2.05, 4.69) is 48.7 Å². The second-order valence-electron chi connectivity index (χ2n) is 4.95. The second-order valence-corrected chi connectivity index (χ2v) is 6.65. The normalized spacial score (nSPS) is 12.9. The van der Waals surface area contributed by atoms with Gasteiger partial charge < -0.3 is 4.57 Å². The molecule has 104 valence electrons. The van der Waals surface area contributed by atoms with Gasteiger partial charge in [-0.1, -0.05) is 12.1 Å². The fourth-order valence-electron chi connectivity index (χ4n) is 2.59. The summed E-state index contributed by atoms with van der Waals surface area (Å²) in [7, 11) is 0. The number of benzene rings is 1. The van der Waals surface area contributed by atoms with Crippen molar-refractivity contribution in [2.45, 2.75) is 26.3 Å². The van der Waals surface area contributed by atoms with Crippen molar-refractivity contribution < 1.29 is 0 Å². The number of hydrogen-bond donors (Lipinski definition) is 0. The number of fused-ring (bicyclic) bond motifs is 1. The number of halogens is 1. The highest BCUT2D eigenvalue weighted by Crippen LogP contribution is 2.30. The molecule has 0 radical (unpaired) electrons. The molecule has 3 rings (SSSR count). The fourth-order valence-corrected chi connectivity index (χ4v) is 3.68. The Labute approximate surface area is 128 Å². The van der Waals surface area contributed by atoms with Crippen LogP contribution in [0.4, 0.5) is 0 Å². The summed E-state index contributed by atoms with van der Waals surface area (Å²) in [5.74, 6) is 1.67. The van der Waals surface area contributed by atoms with E-state index in [0.717, 1.165) is 17.8 Å². The highest BCUT2D eigenvalue weighted by atomic mass is 35.5. The number of hydrogen-bond acceptors (Lipinski definition) is 2. The molecule has 0 amide bonds. The Balaban J connectivity index is 2.15. The van der Waals surface area contributed by atoms with Crippen LogP contribution < -0.4 is 0 Å². The topological polar surface area (TPSA) is 17.8 Å². The lowest BCUT2D eigenvalue weighted by Crippen LogP contribution is -2.10. The molecule has 0 fully saturated rings. The van der Waals surface area contributed by atoms with Gasteiger partial charge in [0.2, 0.25) is 0 Å². The zero-order chi connectivity index (χ0) is 14.1. The van der Waals surface area contributed by atoms with Crippen molar-refractivity contribution in [3.8, 4) is 0 Å². The third kappa shape index (κ3) is 2.36. The Morgan fingerprint density at radius 2 is 2.05 bits per heavy atom. The molecule has 0 aliphatic carbocycles. The quantitative estimate of drug-likeness (QED) is 0.633. The van der Waals surface area contributed by atoms with Gasteiger partial charge in [0.1, 0.15) is 5.82 Å². The molecule has 3 aromatic rings. The van der Waals surface area contributed by atoms with Gasteiger partial charge in [-0.15, -0.1) is 22.9 Å². The van der Waals surface area contributed by atoms with Crippen LogP contribution in [0.5, 0.6) is 0 Å². The van der Waals surface area contributed by atoms with Crippen LogP contribution in [0.25, 0.3) is 11.0 Å². The monoisotopic (exact) mass is 304 g/mol. The molecule has 0 bridgehead atoms. The number of aromatic nitrogens is 2. The smallest absolute Gasteiger partial charge is 0.111 e. The minimum atomic E-state index is 0.291. The number of imidazole rings is 1. The van der Waals surface area contributed by atoms with E-state index >= 15 is 0 Å². The highest BCUT2D eigenvalue weighted by molar-refractivity contribution is 7.12. The standard InChI is InChI=1S/C16H17ClN2S/c1-11-7-8-15(20-11)12(2)19-14-6-4-3-5-13(14)18-16(19)9-10-17/h3-8,12H,9-10H2,1-2H3. The maximum Gasteiger partial charge on any atom is 0.111 e. The molecule has 2 aromatic heterocycles. The first-order valence-corrected chi connectivity index (χ1v) is 8.14. The van der Waals surface area contributed by atoms with E-state index in [1.807, 2.05) is 17.4 Å². The minimum absolute atomic E-state index is 0.291. The summed E-state index contributed by atoms with van der Waals surface area (Å²) in [6.07, 6.45) is 0.797. The first-order valence-electron chi connectivity index (χ1n) is 6.79. The van der Waals surface area contributed by atoms with E-state index in [1.54, 1.807) is 0 Å². The maximum absolute atomic E-state index is 5.94. The van der Waals surface area contributed by atoms with Crippen LogP contribution in [0.3, 0.4) is 0 Å². The summed E-state index contributed by atoms with van der Waals surface area (Å²) in [5.41, 5.74) is 2.24. The summed E-state index contributed by atoms with van der Waals surface area (Å²) >= 11 is 7.79. The first-order chi connectivity index (χ1) is 9.70. The molecular formula is C16H17ClN2S. The summed E-state index contributed by atoms with van der Waals surface area (Å²) in [6, 6.07) is 13.0. The predicted octanol–water partition coefficient (Wildman–Crippen LogP) is 4.80. The second kappa shape index (κ2) is 5.58. The van der Waals surface area contributed by atoms with Gasteiger partial charge in [-0.05, 0) is 38.1 Å². The number of alkyl halides is 1. The molecule has 0 aliphatic rings. The largest absolute Gasteiger partial charge is 0.320 e. The Morgan fingerprint density at radius 3 is 2.75 bits per heavy atom. The summed E-state index contributed by atoms with van der Waals surface area (Å²) in [6.45, 7) is 4.38. The Bertz CT molecular complexity index is 729. The molecular weight excluding hydrogens is 288 g/mol. The Hall–Kier alpha value is -1.32. The van der Waals surface area contributed by atoms with Gasteiger partial charge in [-0.3, -0.25) is 0 Å². The minimum Gasteiger partial charge on any atom is -0.320 e. The average Bonchev–Trinajstić information content (AvgIpc) is 3.02. The third-order valence-corrected chi connectivity index (χ3v) is 4.91. The van der Waals surface area contributed by atoms with Crippen LogP contribution in [0.1, 0.15) is 28.5 Å². The van der Waals surface area contributed by atoms with Crippen LogP contribution >= 0.6 is 22.9 Å². The van der Waals surface area contributed by atoms with Crippen molar-refractivity contribution in [3.05, 3.63) is 52.0 Å². The number of thiophene rings is 1. The van der Waals surface area contributed by atoms with Gasteiger partial charge in [0.25, 0.3) is 0 Å². The molecule has 1 unspecified atom stereocenters. The van der Waals surface area contributed by atoms with Gasteiger partial charge in [-0.25, -0.2) is 4.98 Å². The van der Waals surface area contributed by atoms with E-state index in [0.29, 0.717) is 11.9 Å². The van der Waals surface area contributed by atoms with E-state index in [9.17, 15) is 0 Å². The molecule has 0 aliphatic heterocycles. The fraction of sp³-hybridized carbons (Fsp3) is 0.312. The Morgan fingerprint density at radius 1 is 1.25 bits per heavy atom. The van der Waals surface area contributed by atoms with Crippen LogP contribution in [0, 0.1) is 6.92 Å². The first kappa shape index (κ1) is 13.7. The van der Waals surface area contributed by atoms with Gasteiger partial charge in [0, 0.05) is 22.1 Å². The summed E-state index contributed by atoms with van der Waals surface area (Å²) in [4.78, 5) is 7.44. The van der Waals surface area contributed by atoms with Crippen molar-refractivity contribution in [2.75, 3.05) is 5.88 Å². The van der Waals surface area contributed by atoms with Crippen LogP contribution in [-0.4, -0.2) is 15.4 Å². The zero-order valence-corrected chi connectivity index (χ0v) is 13.2. The summed E-state index contributed by atoms with van der Waals surface area (Å²) in [5, 5.41) is 0. The molecule has 0 saturated carbocycles. The molecule has 0 spiro atoms. The molecule has 1 atom stereocenters. The lowest BCUT2D eigenvalue weighted by Gasteiger charge is -2.16. The number of nitrogens with zero attached hydrogens (tertiary/aromatic N) is 2. The average molecular weight is 305 g/mol. The van der Waals surface area contributed by atoms with E-state index in [-0.39, 0.29) is 0 Å². The van der Waals surface area contributed by atoms with Gasteiger partial charge in [0.05, 0.1) is 17.1 Å². The number of para-hydroxylation sites is 2. The van der Waals surface area contributed by atoms with Crippen molar-refractivity contribution in [3.63, 3.8) is 0 Å². The Kier molecular flexibility index (Phi) is 3.81. The summed E-state index contributed by atoms with van der Waals surface area (Å²) < 4.78 is 2.32. The lowest BCUT2D eigenvalue weighted by molar-refractivity contribution is 0.633. The van der Waals surface area contributed by atoms with E-state index < -0.39 is 0 Å². The number of aryl methyl sites for hydroxylation is 2. The molecule has 1 aromatic carbocycles. The lowest BCUT2D eigenvalue weighted by atomic mass is 10.2.